The molecule has 0 atom stereocenters. The van der Waals surface area contributed by atoms with Crippen molar-refractivity contribution in [3.63, 3.8) is 0 Å². The Morgan fingerprint density at radius 1 is 0.412 bits per heavy atom. The van der Waals surface area contributed by atoms with Gasteiger partial charge in [-0.15, -0.1) is 0 Å². The molecule has 3 nitrogen and oxygen atoms in total. The first-order chi connectivity index (χ1) is 16.9. The van der Waals surface area contributed by atoms with Gasteiger partial charge in [0.15, 0.2) is 0 Å². The van der Waals surface area contributed by atoms with Gasteiger partial charge in [0.1, 0.15) is 22.3 Å². The summed E-state index contributed by atoms with van der Waals surface area (Å²) in [6.45, 7) is 0. The lowest BCUT2D eigenvalue weighted by atomic mass is 9.92. The second-order valence-electron chi connectivity index (χ2n) is 8.76. The second kappa shape index (κ2) is 6.46. The predicted octanol–water partition coefficient (Wildman–Crippen LogP) is 7.97. The fourth-order valence-corrected chi connectivity index (χ4v) is 5.47. The third-order valence-corrected chi connectivity index (χ3v) is 6.90. The van der Waals surface area contributed by atoms with Gasteiger partial charge in [0.05, 0.1) is 16.3 Å². The van der Waals surface area contributed by atoms with E-state index in [-0.39, 0.29) is 0 Å². The average Bonchev–Trinajstić information content (AvgIpc) is 2.90. The fraction of sp³-hybridized carbons (Fsp3) is 0. The quantitative estimate of drug-likeness (QED) is 0.156. The number of aromatic nitrogens is 1. The number of nitrogens with zero attached hydrogens (tertiary/aromatic N) is 1. The third-order valence-electron chi connectivity index (χ3n) is 6.90. The molecule has 0 radical (unpaired) electrons. The molecule has 0 aliphatic carbocycles. The molecule has 2 aliphatic rings. The first-order valence-corrected chi connectivity index (χ1v) is 11.5. The highest BCUT2D eigenvalue weighted by molar-refractivity contribution is 6.22. The van der Waals surface area contributed by atoms with Gasteiger partial charge in [0, 0.05) is 29.8 Å². The molecule has 5 aromatic carbocycles. The Kier molecular flexibility index (Phi) is 3.39. The van der Waals surface area contributed by atoms with Crippen molar-refractivity contribution in [1.29, 1.82) is 0 Å². The SMILES string of the molecule is c1ccc(-c2ccc(-[n+]3c4cccc5oc6cccc7oc8cccc3c8c(c54)-c67)cc2)cc1. The van der Waals surface area contributed by atoms with Crippen molar-refractivity contribution in [2.75, 3.05) is 0 Å². The molecular formula is C31H18NO2+. The maximum atomic E-state index is 6.38. The lowest BCUT2D eigenvalue weighted by molar-refractivity contribution is -0.537. The predicted molar refractivity (Wildman–Crippen MR) is 136 cm³/mol. The number of rotatable bonds is 2. The van der Waals surface area contributed by atoms with Gasteiger partial charge in [-0.25, -0.2) is 0 Å². The maximum absolute atomic E-state index is 6.38. The van der Waals surface area contributed by atoms with Crippen LogP contribution in [-0.2, 0) is 0 Å². The highest BCUT2D eigenvalue weighted by atomic mass is 16.3. The van der Waals surface area contributed by atoms with Crippen LogP contribution in [0.3, 0.4) is 0 Å². The third kappa shape index (κ3) is 2.28. The molecule has 8 rings (SSSR count). The van der Waals surface area contributed by atoms with Gasteiger partial charge < -0.3 is 8.83 Å². The molecule has 0 saturated heterocycles. The summed E-state index contributed by atoms with van der Waals surface area (Å²) < 4.78 is 15.1. The monoisotopic (exact) mass is 436 g/mol. The van der Waals surface area contributed by atoms with Crippen LogP contribution < -0.4 is 4.57 Å². The zero-order chi connectivity index (χ0) is 22.2. The van der Waals surface area contributed by atoms with E-state index in [4.69, 9.17) is 8.83 Å². The highest BCUT2D eigenvalue weighted by Crippen LogP contribution is 2.47. The van der Waals surface area contributed by atoms with Gasteiger partial charge >= 0.3 is 0 Å². The summed E-state index contributed by atoms with van der Waals surface area (Å²) in [5, 5.41) is 2.25. The van der Waals surface area contributed by atoms with E-state index < -0.39 is 0 Å². The summed E-state index contributed by atoms with van der Waals surface area (Å²) in [4.78, 5) is 0. The summed E-state index contributed by atoms with van der Waals surface area (Å²) in [7, 11) is 0. The number of hydrogen-bond acceptors (Lipinski definition) is 2. The Hall–Kier alpha value is -4.63. The van der Waals surface area contributed by atoms with Crippen LogP contribution in [0.1, 0.15) is 0 Å². The molecule has 3 heteroatoms. The molecule has 0 fully saturated rings. The van der Waals surface area contributed by atoms with Crippen molar-refractivity contribution in [2.24, 2.45) is 0 Å². The molecular weight excluding hydrogens is 418 g/mol. The van der Waals surface area contributed by atoms with Crippen LogP contribution in [-0.4, -0.2) is 0 Å². The summed E-state index contributed by atoms with van der Waals surface area (Å²) in [5.74, 6) is 0. The Labute approximate surface area is 194 Å². The normalized spacial score (nSPS) is 12.1. The van der Waals surface area contributed by atoms with Crippen LogP contribution in [0.4, 0.5) is 0 Å². The zero-order valence-electron chi connectivity index (χ0n) is 18.2. The lowest BCUT2D eigenvalue weighted by Crippen LogP contribution is -2.33. The van der Waals surface area contributed by atoms with Crippen molar-refractivity contribution in [3.05, 3.63) is 109 Å². The Balaban J connectivity index is 1.53. The molecule has 0 spiro atoms. The number of pyridine rings is 1. The van der Waals surface area contributed by atoms with Gasteiger partial charge in [-0.1, -0.05) is 48.5 Å². The van der Waals surface area contributed by atoms with Crippen molar-refractivity contribution >= 4 is 44.1 Å². The molecule has 0 bridgehead atoms. The van der Waals surface area contributed by atoms with E-state index in [0.29, 0.717) is 0 Å². The minimum Gasteiger partial charge on any atom is -0.456 e. The Morgan fingerprint density at radius 3 is 1.56 bits per heavy atom. The summed E-state index contributed by atoms with van der Waals surface area (Å²) in [6, 6.07) is 37.9. The van der Waals surface area contributed by atoms with Crippen LogP contribution in [0.25, 0.3) is 72.1 Å². The van der Waals surface area contributed by atoms with Crippen molar-refractivity contribution < 1.29 is 13.4 Å². The van der Waals surface area contributed by atoms with Crippen molar-refractivity contribution in [3.8, 4) is 27.9 Å². The minimum atomic E-state index is 0.846. The fourth-order valence-electron chi connectivity index (χ4n) is 5.47. The van der Waals surface area contributed by atoms with Crippen LogP contribution in [0.5, 0.6) is 0 Å². The molecule has 0 N–H and O–H groups in total. The molecule has 1 aromatic heterocycles. The molecule has 2 aliphatic heterocycles. The van der Waals surface area contributed by atoms with Crippen LogP contribution in [0, 0.1) is 0 Å². The molecule has 3 heterocycles. The Bertz CT molecular complexity index is 1850. The van der Waals surface area contributed by atoms with Crippen LogP contribution >= 0.6 is 0 Å². The number of benzene rings is 5. The molecule has 0 amide bonds. The summed E-state index contributed by atoms with van der Waals surface area (Å²) in [5.41, 5.74) is 11.4. The van der Waals surface area contributed by atoms with Crippen molar-refractivity contribution in [1.82, 2.24) is 0 Å². The average molecular weight is 436 g/mol. The van der Waals surface area contributed by atoms with E-state index in [1.807, 2.05) is 24.3 Å². The van der Waals surface area contributed by atoms with Gasteiger partial charge in [-0.3, -0.25) is 0 Å². The van der Waals surface area contributed by atoms with Gasteiger partial charge in [0.25, 0.3) is 0 Å². The standard InChI is InChI=1S/C31H18NO2/c1-2-7-19(8-3-1)20-15-17-21(18-16-20)32-22-9-4-11-24-28(22)31-29-23(32)10-5-12-25(29)34-27-14-6-13-26(33-24)30(27)31/h1-18H/q+1. The summed E-state index contributed by atoms with van der Waals surface area (Å²) >= 11 is 0. The topological polar surface area (TPSA) is 30.2 Å². The van der Waals surface area contributed by atoms with E-state index in [1.165, 1.54) is 16.7 Å². The van der Waals surface area contributed by atoms with E-state index >= 15 is 0 Å². The van der Waals surface area contributed by atoms with E-state index in [1.54, 1.807) is 0 Å². The maximum Gasteiger partial charge on any atom is 0.223 e. The summed E-state index contributed by atoms with van der Waals surface area (Å²) in [6.07, 6.45) is 0. The molecule has 34 heavy (non-hydrogen) atoms. The highest BCUT2D eigenvalue weighted by Gasteiger charge is 2.31. The van der Waals surface area contributed by atoms with Crippen LogP contribution in [0.15, 0.2) is 118 Å². The van der Waals surface area contributed by atoms with Crippen molar-refractivity contribution in [2.45, 2.75) is 0 Å². The van der Waals surface area contributed by atoms with E-state index in [0.717, 1.165) is 55.4 Å². The Morgan fingerprint density at radius 2 is 0.941 bits per heavy atom. The molecule has 158 valence electrons. The molecule has 0 saturated carbocycles. The lowest BCUT2D eigenvalue weighted by Gasteiger charge is -2.18. The van der Waals surface area contributed by atoms with E-state index in [9.17, 15) is 0 Å². The van der Waals surface area contributed by atoms with Gasteiger partial charge in [0.2, 0.25) is 16.7 Å². The van der Waals surface area contributed by atoms with Gasteiger partial charge in [-0.2, -0.15) is 4.57 Å². The number of hydrogen-bond donors (Lipinski definition) is 0. The van der Waals surface area contributed by atoms with Crippen LogP contribution in [0.2, 0.25) is 0 Å². The minimum absolute atomic E-state index is 0.846. The first kappa shape index (κ1) is 17.9. The van der Waals surface area contributed by atoms with E-state index in [2.05, 4.69) is 89.5 Å². The smallest absolute Gasteiger partial charge is 0.223 e. The largest absolute Gasteiger partial charge is 0.456 e. The zero-order valence-corrected chi connectivity index (χ0v) is 18.2. The first-order valence-electron chi connectivity index (χ1n) is 11.5. The second-order valence-corrected chi connectivity index (χ2v) is 8.76. The van der Waals surface area contributed by atoms with Gasteiger partial charge in [-0.05, 0) is 47.5 Å². The molecule has 0 unspecified atom stereocenters. The molecule has 6 aromatic rings.